The van der Waals surface area contributed by atoms with E-state index in [4.69, 9.17) is 9.15 Å². The van der Waals surface area contributed by atoms with E-state index >= 15 is 0 Å². The predicted octanol–water partition coefficient (Wildman–Crippen LogP) is 3.37. The molecule has 0 radical (unpaired) electrons. The summed E-state index contributed by atoms with van der Waals surface area (Å²) >= 11 is 0. The van der Waals surface area contributed by atoms with Gasteiger partial charge in [-0.25, -0.2) is 4.98 Å². The van der Waals surface area contributed by atoms with Crippen LogP contribution in [0.3, 0.4) is 0 Å². The van der Waals surface area contributed by atoms with E-state index in [0.717, 1.165) is 44.3 Å². The summed E-state index contributed by atoms with van der Waals surface area (Å²) in [4.78, 5) is 31.9. The standard InChI is InChI=1S/C21H25N3O4/c1-14-5-4-6-16(21(26)24-9-2-3-10-24)18(14)23-19(25)17-13-28-20(22-17)15-7-11-27-12-8-15/h4-6,13,15H,2-3,7-12H2,1H3,(H,23,25). The molecule has 4 rings (SSSR count). The number of carbonyl (C=O) groups is 2. The number of hydrogen-bond acceptors (Lipinski definition) is 5. The van der Waals surface area contributed by atoms with E-state index in [1.54, 1.807) is 6.07 Å². The van der Waals surface area contributed by atoms with Crippen LogP contribution in [0.1, 0.15) is 63.9 Å². The molecule has 0 saturated carbocycles. The molecule has 148 valence electrons. The van der Waals surface area contributed by atoms with Gasteiger partial charge in [0.1, 0.15) is 6.26 Å². The average molecular weight is 383 g/mol. The number of oxazole rings is 1. The number of hydrogen-bond donors (Lipinski definition) is 1. The number of amides is 2. The molecule has 3 heterocycles. The van der Waals surface area contributed by atoms with Crippen LogP contribution in [0, 0.1) is 6.92 Å². The van der Waals surface area contributed by atoms with Crippen molar-refractivity contribution in [3.63, 3.8) is 0 Å². The average Bonchev–Trinajstić information content (AvgIpc) is 3.42. The molecule has 2 fully saturated rings. The zero-order valence-corrected chi connectivity index (χ0v) is 16.1. The molecule has 0 atom stereocenters. The van der Waals surface area contributed by atoms with Gasteiger partial charge in [0.25, 0.3) is 11.8 Å². The molecule has 1 aromatic carbocycles. The third-order valence-corrected chi connectivity index (χ3v) is 5.46. The van der Waals surface area contributed by atoms with Crippen LogP contribution in [-0.2, 0) is 4.74 Å². The van der Waals surface area contributed by atoms with Gasteiger partial charge in [-0.1, -0.05) is 12.1 Å². The molecule has 0 unspecified atom stereocenters. The number of anilines is 1. The number of nitrogens with one attached hydrogen (secondary N) is 1. The van der Waals surface area contributed by atoms with Gasteiger partial charge in [0.05, 0.1) is 11.3 Å². The van der Waals surface area contributed by atoms with Crippen LogP contribution in [-0.4, -0.2) is 48.0 Å². The highest BCUT2D eigenvalue weighted by Gasteiger charge is 2.25. The number of benzene rings is 1. The van der Waals surface area contributed by atoms with Gasteiger partial charge in [-0.15, -0.1) is 0 Å². The summed E-state index contributed by atoms with van der Waals surface area (Å²) in [5, 5.41) is 2.88. The van der Waals surface area contributed by atoms with E-state index in [9.17, 15) is 9.59 Å². The number of likely N-dealkylation sites (tertiary alicyclic amines) is 1. The maximum absolute atomic E-state index is 12.9. The van der Waals surface area contributed by atoms with Crippen molar-refractivity contribution in [1.29, 1.82) is 0 Å². The molecule has 0 aliphatic carbocycles. The van der Waals surface area contributed by atoms with Crippen LogP contribution in [0.4, 0.5) is 5.69 Å². The van der Waals surface area contributed by atoms with Crippen molar-refractivity contribution in [2.24, 2.45) is 0 Å². The maximum Gasteiger partial charge on any atom is 0.277 e. The fourth-order valence-electron chi connectivity index (χ4n) is 3.80. The summed E-state index contributed by atoms with van der Waals surface area (Å²) in [6, 6.07) is 5.49. The van der Waals surface area contributed by atoms with Crippen molar-refractivity contribution in [3.8, 4) is 0 Å². The van der Waals surface area contributed by atoms with E-state index in [-0.39, 0.29) is 23.4 Å². The Labute approximate surface area is 164 Å². The van der Waals surface area contributed by atoms with Crippen LogP contribution in [0.25, 0.3) is 0 Å². The van der Waals surface area contributed by atoms with E-state index in [0.29, 0.717) is 30.4 Å². The van der Waals surface area contributed by atoms with Crippen molar-refractivity contribution in [2.45, 2.75) is 38.5 Å². The minimum atomic E-state index is -0.369. The second kappa shape index (κ2) is 8.14. The molecule has 1 N–H and O–H groups in total. The lowest BCUT2D eigenvalue weighted by molar-refractivity contribution is 0.0792. The number of aryl methyl sites for hydroxylation is 1. The highest BCUT2D eigenvalue weighted by Crippen LogP contribution is 2.27. The molecule has 0 spiro atoms. The zero-order chi connectivity index (χ0) is 19.5. The number of aromatic nitrogens is 1. The third-order valence-electron chi connectivity index (χ3n) is 5.46. The molecule has 1 aromatic heterocycles. The Kier molecular flexibility index (Phi) is 5.43. The molecule has 7 nitrogen and oxygen atoms in total. The minimum absolute atomic E-state index is 0.0421. The normalized spacial score (nSPS) is 17.7. The Bertz CT molecular complexity index is 864. The van der Waals surface area contributed by atoms with E-state index in [1.165, 1.54) is 6.26 Å². The van der Waals surface area contributed by atoms with Gasteiger partial charge in [0.15, 0.2) is 11.6 Å². The van der Waals surface area contributed by atoms with Crippen LogP contribution in [0.5, 0.6) is 0 Å². The Morgan fingerprint density at radius 2 is 1.93 bits per heavy atom. The van der Waals surface area contributed by atoms with Gasteiger partial charge in [0, 0.05) is 32.2 Å². The summed E-state index contributed by atoms with van der Waals surface area (Å²) in [7, 11) is 0. The van der Waals surface area contributed by atoms with Crippen LogP contribution in [0.2, 0.25) is 0 Å². The molecule has 7 heteroatoms. The summed E-state index contributed by atoms with van der Waals surface area (Å²) in [6.45, 7) is 4.77. The number of ether oxygens (including phenoxy) is 1. The third kappa shape index (κ3) is 3.80. The quantitative estimate of drug-likeness (QED) is 0.875. The summed E-state index contributed by atoms with van der Waals surface area (Å²) in [6.07, 6.45) is 5.11. The van der Waals surface area contributed by atoms with Gasteiger partial charge in [-0.3, -0.25) is 9.59 Å². The Balaban J connectivity index is 1.53. The molecule has 2 aliphatic rings. The fraction of sp³-hybridized carbons (Fsp3) is 0.476. The highest BCUT2D eigenvalue weighted by atomic mass is 16.5. The van der Waals surface area contributed by atoms with Crippen LogP contribution >= 0.6 is 0 Å². The topological polar surface area (TPSA) is 84.7 Å². The number of rotatable bonds is 4. The minimum Gasteiger partial charge on any atom is -0.448 e. The first-order valence-corrected chi connectivity index (χ1v) is 9.87. The maximum atomic E-state index is 12.9. The van der Waals surface area contributed by atoms with Crippen LogP contribution < -0.4 is 5.32 Å². The molecule has 2 saturated heterocycles. The Morgan fingerprint density at radius 1 is 1.18 bits per heavy atom. The number of para-hydroxylation sites is 1. The van der Waals surface area contributed by atoms with E-state index < -0.39 is 0 Å². The lowest BCUT2D eigenvalue weighted by Gasteiger charge is -2.19. The van der Waals surface area contributed by atoms with Gasteiger partial charge in [0.2, 0.25) is 0 Å². The van der Waals surface area contributed by atoms with Crippen molar-refractivity contribution in [2.75, 3.05) is 31.6 Å². The largest absolute Gasteiger partial charge is 0.448 e. The molecule has 2 amide bonds. The lowest BCUT2D eigenvalue weighted by Crippen LogP contribution is -2.29. The summed E-state index contributed by atoms with van der Waals surface area (Å²) in [5.41, 5.74) is 2.12. The molecule has 2 aliphatic heterocycles. The van der Waals surface area contributed by atoms with Gasteiger partial charge < -0.3 is 19.4 Å². The fourth-order valence-corrected chi connectivity index (χ4v) is 3.80. The van der Waals surface area contributed by atoms with Gasteiger partial charge >= 0.3 is 0 Å². The second-order valence-corrected chi connectivity index (χ2v) is 7.41. The Morgan fingerprint density at radius 3 is 2.68 bits per heavy atom. The first-order valence-electron chi connectivity index (χ1n) is 9.87. The molecular formula is C21H25N3O4. The van der Waals surface area contributed by atoms with Crippen molar-refractivity contribution in [1.82, 2.24) is 9.88 Å². The first kappa shape index (κ1) is 18.7. The molecular weight excluding hydrogens is 358 g/mol. The summed E-state index contributed by atoms with van der Waals surface area (Å²) in [5.74, 6) is 0.346. The molecule has 0 bridgehead atoms. The van der Waals surface area contributed by atoms with Crippen LogP contribution in [0.15, 0.2) is 28.9 Å². The van der Waals surface area contributed by atoms with E-state index in [2.05, 4.69) is 10.3 Å². The lowest BCUT2D eigenvalue weighted by atomic mass is 10.0. The van der Waals surface area contributed by atoms with Gasteiger partial charge in [-0.2, -0.15) is 0 Å². The van der Waals surface area contributed by atoms with Crippen molar-refractivity contribution in [3.05, 3.63) is 47.2 Å². The number of nitrogens with zero attached hydrogens (tertiary/aromatic N) is 2. The van der Waals surface area contributed by atoms with Gasteiger partial charge in [-0.05, 0) is 44.2 Å². The second-order valence-electron chi connectivity index (χ2n) is 7.41. The zero-order valence-electron chi connectivity index (χ0n) is 16.1. The highest BCUT2D eigenvalue weighted by molar-refractivity contribution is 6.08. The monoisotopic (exact) mass is 383 g/mol. The molecule has 2 aromatic rings. The predicted molar refractivity (Wildman–Crippen MR) is 104 cm³/mol. The van der Waals surface area contributed by atoms with Crippen molar-refractivity contribution < 1.29 is 18.7 Å². The summed E-state index contributed by atoms with van der Waals surface area (Å²) < 4.78 is 10.9. The smallest absolute Gasteiger partial charge is 0.277 e. The molecule has 28 heavy (non-hydrogen) atoms. The Hall–Kier alpha value is -2.67. The number of carbonyl (C=O) groups excluding carboxylic acids is 2. The van der Waals surface area contributed by atoms with E-state index in [1.807, 2.05) is 24.0 Å². The van der Waals surface area contributed by atoms with Crippen molar-refractivity contribution >= 4 is 17.5 Å². The first-order chi connectivity index (χ1) is 13.6. The SMILES string of the molecule is Cc1cccc(C(=O)N2CCCC2)c1NC(=O)c1coc(C2CCOCC2)n1.